The van der Waals surface area contributed by atoms with Crippen molar-refractivity contribution in [2.45, 2.75) is 35.9 Å². The third kappa shape index (κ3) is 2.23. The van der Waals surface area contributed by atoms with E-state index in [0.29, 0.717) is 0 Å². The summed E-state index contributed by atoms with van der Waals surface area (Å²) < 4.78 is 5.36. The average Bonchev–Trinajstić information content (AvgIpc) is 2.66. The highest BCUT2D eigenvalue weighted by Crippen LogP contribution is 2.53. The lowest BCUT2D eigenvalue weighted by Gasteiger charge is -2.37. The molecule has 0 amide bonds. The molecule has 0 N–H and O–H groups in total. The van der Waals surface area contributed by atoms with E-state index in [1.807, 2.05) is 12.1 Å². The Morgan fingerprint density at radius 3 is 2.65 bits per heavy atom. The molecule has 2 radical (unpaired) electrons. The van der Waals surface area contributed by atoms with E-state index in [0.717, 1.165) is 28.3 Å². The van der Waals surface area contributed by atoms with Crippen LogP contribution in [-0.4, -0.2) is 17.4 Å². The lowest BCUT2D eigenvalue weighted by Crippen LogP contribution is -2.43. The summed E-state index contributed by atoms with van der Waals surface area (Å²) in [6.45, 7) is 6.43. The van der Waals surface area contributed by atoms with Crippen molar-refractivity contribution in [3.05, 3.63) is 18.2 Å². The van der Waals surface area contributed by atoms with E-state index in [1.54, 1.807) is 18.9 Å². The molecule has 92 valence electrons. The van der Waals surface area contributed by atoms with Gasteiger partial charge in [0.15, 0.2) is 0 Å². The van der Waals surface area contributed by atoms with Gasteiger partial charge in [-0.05, 0) is 44.9 Å². The summed E-state index contributed by atoms with van der Waals surface area (Å²) in [5.41, 5.74) is 1.10. The van der Waals surface area contributed by atoms with Crippen LogP contribution in [0.5, 0.6) is 5.75 Å². The molecule has 5 heteroatoms. The van der Waals surface area contributed by atoms with Crippen LogP contribution in [0.3, 0.4) is 0 Å². The summed E-state index contributed by atoms with van der Waals surface area (Å²) in [6.07, 6.45) is 0. The first-order valence-electron chi connectivity index (χ1n) is 5.42. The van der Waals surface area contributed by atoms with Crippen LogP contribution in [0.1, 0.15) is 20.8 Å². The van der Waals surface area contributed by atoms with Crippen molar-refractivity contribution in [2.75, 3.05) is 12.0 Å². The maximum Gasteiger partial charge on any atom is 0.144 e. The number of thioether (sulfide) groups is 1. The van der Waals surface area contributed by atoms with E-state index in [4.69, 9.17) is 4.74 Å². The van der Waals surface area contributed by atoms with E-state index >= 15 is 0 Å². The summed E-state index contributed by atoms with van der Waals surface area (Å²) in [7, 11) is 1.68. The number of fused-ring (bicyclic) bond motifs is 1. The third-order valence-electron chi connectivity index (χ3n) is 2.68. The standard InChI is InChI=1S/C12H16N2OS2/c1-12(2,3)14-8-6-5-7-9(15-4)10(8)16-11(14)17-13/h5-7,11H,1-4H3. The Hall–Kier alpha value is -0.520. The van der Waals surface area contributed by atoms with Gasteiger partial charge in [-0.25, -0.2) is 0 Å². The van der Waals surface area contributed by atoms with Crippen LogP contribution in [0.15, 0.2) is 23.1 Å². The lowest BCUT2D eigenvalue weighted by molar-refractivity contribution is 0.405. The van der Waals surface area contributed by atoms with Crippen molar-refractivity contribution in [2.24, 2.45) is 0 Å². The van der Waals surface area contributed by atoms with Gasteiger partial charge in [0.2, 0.25) is 0 Å². The van der Waals surface area contributed by atoms with Gasteiger partial charge in [0.05, 0.1) is 17.7 Å². The number of hydrogen-bond donors (Lipinski definition) is 0. The van der Waals surface area contributed by atoms with Crippen LogP contribution >= 0.6 is 23.7 Å². The second-order valence-corrected chi connectivity index (χ2v) is 6.93. The van der Waals surface area contributed by atoms with Crippen LogP contribution in [0.2, 0.25) is 0 Å². The van der Waals surface area contributed by atoms with Gasteiger partial charge in [0.25, 0.3) is 0 Å². The molecule has 17 heavy (non-hydrogen) atoms. The molecule has 0 bridgehead atoms. The highest BCUT2D eigenvalue weighted by atomic mass is 32.2. The fourth-order valence-electron chi connectivity index (χ4n) is 1.99. The third-order valence-corrected chi connectivity index (χ3v) is 4.68. The Balaban J connectivity index is 2.49. The van der Waals surface area contributed by atoms with Crippen molar-refractivity contribution >= 4 is 29.4 Å². The normalized spacial score (nSPS) is 19.4. The maximum absolute atomic E-state index is 9.45. The Morgan fingerprint density at radius 2 is 2.12 bits per heavy atom. The van der Waals surface area contributed by atoms with Crippen LogP contribution in [-0.2, 0) is 0 Å². The van der Waals surface area contributed by atoms with E-state index in [-0.39, 0.29) is 10.2 Å². The number of nitrogens with zero attached hydrogens (tertiary/aromatic N) is 2. The van der Waals surface area contributed by atoms with E-state index < -0.39 is 0 Å². The van der Waals surface area contributed by atoms with Gasteiger partial charge >= 0.3 is 0 Å². The second kappa shape index (κ2) is 4.63. The number of rotatable bonds is 2. The Labute approximate surface area is 111 Å². The van der Waals surface area contributed by atoms with Crippen LogP contribution in [0.4, 0.5) is 5.69 Å². The van der Waals surface area contributed by atoms with Crippen LogP contribution in [0, 0.1) is 0 Å². The fourth-order valence-corrected chi connectivity index (χ4v) is 4.26. The van der Waals surface area contributed by atoms with Gasteiger partial charge < -0.3 is 9.64 Å². The molecule has 0 aromatic heterocycles. The van der Waals surface area contributed by atoms with Gasteiger partial charge in [-0.2, -0.15) is 0 Å². The van der Waals surface area contributed by atoms with Crippen LogP contribution < -0.4 is 14.8 Å². The molecular weight excluding hydrogens is 252 g/mol. The molecule has 0 saturated carbocycles. The quantitative estimate of drug-likeness (QED) is 0.770. The van der Waals surface area contributed by atoms with E-state index in [1.165, 1.54) is 0 Å². The van der Waals surface area contributed by atoms with Gasteiger partial charge in [-0.3, -0.25) is 0 Å². The zero-order valence-corrected chi connectivity index (χ0v) is 12.1. The molecule has 1 unspecified atom stereocenters. The van der Waals surface area contributed by atoms with Crippen molar-refractivity contribution < 1.29 is 4.74 Å². The highest BCUT2D eigenvalue weighted by molar-refractivity contribution is 8.16. The molecule has 0 aliphatic carbocycles. The van der Waals surface area contributed by atoms with Gasteiger partial charge in [-0.1, -0.05) is 23.0 Å². The fraction of sp³-hybridized carbons (Fsp3) is 0.500. The molecule has 1 atom stereocenters. The Morgan fingerprint density at radius 1 is 1.41 bits per heavy atom. The first kappa shape index (κ1) is 12.9. The molecular formula is C12H16N2OS2. The van der Waals surface area contributed by atoms with E-state index in [2.05, 4.69) is 31.7 Å². The van der Waals surface area contributed by atoms with E-state index in [9.17, 15) is 5.14 Å². The number of methoxy groups -OCH3 is 1. The number of ether oxygens (including phenoxy) is 1. The van der Waals surface area contributed by atoms with Crippen LogP contribution in [0.25, 0.3) is 0 Å². The molecule has 1 heterocycles. The SMILES string of the molecule is COc1cccc2c1SC(S[N])N2C(C)(C)C. The Kier molecular flexibility index (Phi) is 3.52. The highest BCUT2D eigenvalue weighted by Gasteiger charge is 2.38. The summed E-state index contributed by atoms with van der Waals surface area (Å²) >= 11 is 2.51. The van der Waals surface area contributed by atoms with Crippen molar-refractivity contribution in [3.63, 3.8) is 0 Å². The zero-order chi connectivity index (χ0) is 12.6. The predicted molar refractivity (Wildman–Crippen MR) is 74.6 cm³/mol. The smallest absolute Gasteiger partial charge is 0.144 e. The number of benzene rings is 1. The minimum Gasteiger partial charge on any atom is -0.496 e. The lowest BCUT2D eigenvalue weighted by atomic mass is 10.1. The van der Waals surface area contributed by atoms with Gasteiger partial charge in [0.1, 0.15) is 10.5 Å². The molecule has 1 aliphatic rings. The predicted octanol–water partition coefficient (Wildman–Crippen LogP) is 3.41. The first-order chi connectivity index (χ1) is 7.99. The minimum absolute atomic E-state index is 0.0127. The zero-order valence-electron chi connectivity index (χ0n) is 10.4. The number of anilines is 1. The minimum atomic E-state index is -0.0367. The summed E-state index contributed by atoms with van der Waals surface area (Å²) in [6, 6.07) is 6.02. The molecule has 1 aromatic rings. The molecule has 0 fully saturated rings. The molecule has 0 saturated heterocycles. The van der Waals surface area contributed by atoms with Gasteiger partial charge in [0, 0.05) is 5.54 Å². The summed E-state index contributed by atoms with van der Waals surface area (Å²) in [5, 5.41) is 9.45. The second-order valence-electron chi connectivity index (χ2n) is 4.88. The summed E-state index contributed by atoms with van der Waals surface area (Å²) in [5.74, 6) is 0.873. The Bertz CT molecular complexity index is 417. The van der Waals surface area contributed by atoms with Crippen molar-refractivity contribution in [1.82, 2.24) is 5.14 Å². The molecule has 3 nitrogen and oxygen atoms in total. The average molecular weight is 268 g/mol. The molecule has 2 rings (SSSR count). The molecule has 1 aliphatic heterocycles. The van der Waals surface area contributed by atoms with Crippen molar-refractivity contribution in [1.29, 1.82) is 0 Å². The topological polar surface area (TPSA) is 34.8 Å². The molecule has 0 spiro atoms. The van der Waals surface area contributed by atoms with Crippen molar-refractivity contribution in [3.8, 4) is 5.75 Å². The molecule has 1 aromatic carbocycles. The number of hydrogen-bond acceptors (Lipinski definition) is 4. The monoisotopic (exact) mass is 268 g/mol. The first-order valence-corrected chi connectivity index (χ1v) is 7.14. The largest absolute Gasteiger partial charge is 0.496 e. The maximum atomic E-state index is 9.45. The van der Waals surface area contributed by atoms with Gasteiger partial charge in [-0.15, -0.1) is 0 Å². The summed E-state index contributed by atoms with van der Waals surface area (Å²) in [4.78, 5) is 3.33.